The lowest BCUT2D eigenvalue weighted by Gasteiger charge is -2.24. The molecule has 0 spiro atoms. The summed E-state index contributed by atoms with van der Waals surface area (Å²) in [5.74, 6) is 0.110. The van der Waals surface area contributed by atoms with Crippen LogP contribution in [0.25, 0.3) is 0 Å². The van der Waals surface area contributed by atoms with Crippen LogP contribution in [0.2, 0.25) is 5.02 Å². The maximum Gasteiger partial charge on any atom is 0.410 e. The Morgan fingerprint density at radius 2 is 2.23 bits per heavy atom. The predicted molar refractivity (Wildman–Crippen MR) is 86.2 cm³/mol. The van der Waals surface area contributed by atoms with Gasteiger partial charge in [0.05, 0.1) is 5.02 Å². The molecule has 1 aromatic rings. The topological polar surface area (TPSA) is 61.8 Å². The number of para-hydroxylation sites is 1. The quantitative estimate of drug-likeness (QED) is 0.895. The summed E-state index contributed by atoms with van der Waals surface area (Å²) in [7, 11) is 0. The van der Waals surface area contributed by atoms with Crippen molar-refractivity contribution in [2.75, 3.05) is 13.1 Å². The number of amides is 1. The number of rotatable bonds is 3. The third-order valence-electron chi connectivity index (χ3n) is 3.49. The maximum absolute atomic E-state index is 12.0. The monoisotopic (exact) mass is 326 g/mol. The summed E-state index contributed by atoms with van der Waals surface area (Å²) in [6, 6.07) is 5.47. The van der Waals surface area contributed by atoms with Crippen molar-refractivity contribution in [3.05, 3.63) is 28.8 Å². The van der Waals surface area contributed by atoms with Crippen molar-refractivity contribution in [1.82, 2.24) is 10.2 Å². The third-order valence-corrected chi connectivity index (χ3v) is 3.80. The number of phenols is 1. The highest BCUT2D eigenvalue weighted by Gasteiger charge is 2.29. The first-order valence-electron chi connectivity index (χ1n) is 7.44. The number of hydrogen-bond acceptors (Lipinski definition) is 4. The zero-order valence-corrected chi connectivity index (χ0v) is 14.0. The minimum Gasteiger partial charge on any atom is -0.506 e. The van der Waals surface area contributed by atoms with Crippen LogP contribution in [0.4, 0.5) is 4.79 Å². The molecule has 2 rings (SSSR count). The first kappa shape index (κ1) is 16.9. The Morgan fingerprint density at radius 3 is 2.91 bits per heavy atom. The van der Waals surface area contributed by atoms with Crippen LogP contribution in [0.1, 0.15) is 32.8 Å². The summed E-state index contributed by atoms with van der Waals surface area (Å²) in [4.78, 5) is 13.7. The number of likely N-dealkylation sites (tertiary alicyclic amines) is 1. The van der Waals surface area contributed by atoms with E-state index in [0.29, 0.717) is 24.7 Å². The molecule has 1 fully saturated rings. The summed E-state index contributed by atoms with van der Waals surface area (Å²) in [5, 5.41) is 13.6. The van der Waals surface area contributed by atoms with Crippen LogP contribution in [-0.4, -0.2) is 40.8 Å². The van der Waals surface area contributed by atoms with Crippen molar-refractivity contribution in [1.29, 1.82) is 0 Å². The highest BCUT2D eigenvalue weighted by atomic mass is 35.5. The van der Waals surface area contributed by atoms with E-state index in [1.165, 1.54) is 0 Å². The van der Waals surface area contributed by atoms with Gasteiger partial charge in [0.15, 0.2) is 0 Å². The molecule has 0 bridgehead atoms. The molecule has 1 saturated heterocycles. The molecule has 5 nitrogen and oxygen atoms in total. The fourth-order valence-corrected chi connectivity index (χ4v) is 2.57. The molecule has 1 aromatic carbocycles. The lowest BCUT2D eigenvalue weighted by Crippen LogP contribution is -2.38. The SMILES string of the molecule is CC(C)(C)OC(=O)N1CCC(NCc2cccc(Cl)c2O)C1. The molecular weight excluding hydrogens is 304 g/mol. The molecule has 1 aliphatic heterocycles. The van der Waals surface area contributed by atoms with Gasteiger partial charge < -0.3 is 20.1 Å². The van der Waals surface area contributed by atoms with Crippen molar-refractivity contribution in [3.63, 3.8) is 0 Å². The van der Waals surface area contributed by atoms with Crippen LogP contribution < -0.4 is 5.32 Å². The summed E-state index contributed by atoms with van der Waals surface area (Å²) < 4.78 is 5.37. The van der Waals surface area contributed by atoms with Crippen molar-refractivity contribution in [3.8, 4) is 5.75 Å². The van der Waals surface area contributed by atoms with Gasteiger partial charge in [0.2, 0.25) is 0 Å². The Labute approximate surface area is 136 Å². The summed E-state index contributed by atoms with van der Waals surface area (Å²) in [5.41, 5.74) is 0.276. The fourth-order valence-electron chi connectivity index (χ4n) is 2.38. The van der Waals surface area contributed by atoms with E-state index in [2.05, 4.69) is 5.32 Å². The van der Waals surface area contributed by atoms with Crippen molar-refractivity contribution in [2.45, 2.75) is 45.4 Å². The molecule has 1 atom stereocenters. The zero-order chi connectivity index (χ0) is 16.3. The van der Waals surface area contributed by atoms with E-state index in [1.807, 2.05) is 26.8 Å². The number of carbonyl (C=O) groups is 1. The standard InChI is InChI=1S/C16H23ClN2O3/c1-16(2,3)22-15(21)19-8-7-12(10-19)18-9-11-5-4-6-13(17)14(11)20/h4-6,12,18,20H,7-10H2,1-3H3. The Morgan fingerprint density at radius 1 is 1.50 bits per heavy atom. The minimum atomic E-state index is -0.477. The van der Waals surface area contributed by atoms with Gasteiger partial charge in [-0.1, -0.05) is 23.7 Å². The molecule has 1 amide bonds. The minimum absolute atomic E-state index is 0.110. The van der Waals surface area contributed by atoms with E-state index < -0.39 is 5.60 Å². The summed E-state index contributed by atoms with van der Waals surface area (Å²) in [6.45, 7) is 7.37. The molecule has 0 aromatic heterocycles. The van der Waals surface area contributed by atoms with E-state index in [4.69, 9.17) is 16.3 Å². The number of nitrogens with zero attached hydrogens (tertiary/aromatic N) is 1. The molecule has 1 unspecified atom stereocenters. The average Bonchev–Trinajstić information content (AvgIpc) is 2.87. The molecule has 0 aliphatic carbocycles. The van der Waals surface area contributed by atoms with Gasteiger partial charge in [-0.3, -0.25) is 0 Å². The van der Waals surface area contributed by atoms with Gasteiger partial charge >= 0.3 is 6.09 Å². The van der Waals surface area contributed by atoms with E-state index in [0.717, 1.165) is 12.0 Å². The number of phenolic OH excluding ortho intramolecular Hbond substituents is 1. The van der Waals surface area contributed by atoms with Crippen LogP contribution in [0.15, 0.2) is 18.2 Å². The maximum atomic E-state index is 12.0. The van der Waals surface area contributed by atoms with Gasteiger partial charge in [-0.05, 0) is 33.3 Å². The third kappa shape index (κ3) is 4.52. The number of aromatic hydroxyl groups is 1. The smallest absolute Gasteiger partial charge is 0.410 e. The van der Waals surface area contributed by atoms with Crippen molar-refractivity contribution >= 4 is 17.7 Å². The van der Waals surface area contributed by atoms with Gasteiger partial charge in [0.25, 0.3) is 0 Å². The number of carbonyl (C=O) groups excluding carboxylic acids is 1. The Kier molecular flexibility index (Phi) is 5.19. The fraction of sp³-hybridized carbons (Fsp3) is 0.562. The molecule has 6 heteroatoms. The number of benzene rings is 1. The van der Waals surface area contributed by atoms with Crippen LogP contribution in [0.5, 0.6) is 5.75 Å². The normalized spacial score (nSPS) is 18.5. The second-order valence-corrected chi connectivity index (χ2v) is 6.95. The van der Waals surface area contributed by atoms with E-state index in [-0.39, 0.29) is 17.9 Å². The number of halogens is 1. The Hall–Kier alpha value is -1.46. The van der Waals surface area contributed by atoms with Gasteiger partial charge in [-0.25, -0.2) is 4.79 Å². The molecule has 22 heavy (non-hydrogen) atoms. The highest BCUT2D eigenvalue weighted by molar-refractivity contribution is 6.32. The average molecular weight is 327 g/mol. The Bertz CT molecular complexity index is 543. The molecular formula is C16H23ClN2O3. The van der Waals surface area contributed by atoms with Crippen LogP contribution in [-0.2, 0) is 11.3 Å². The first-order valence-corrected chi connectivity index (χ1v) is 7.82. The molecule has 0 radical (unpaired) electrons. The van der Waals surface area contributed by atoms with Gasteiger partial charge in [0.1, 0.15) is 11.4 Å². The highest BCUT2D eigenvalue weighted by Crippen LogP contribution is 2.27. The van der Waals surface area contributed by atoms with Gasteiger partial charge in [-0.2, -0.15) is 0 Å². The van der Waals surface area contributed by atoms with Crippen LogP contribution in [0.3, 0.4) is 0 Å². The second kappa shape index (κ2) is 6.75. The lowest BCUT2D eigenvalue weighted by molar-refractivity contribution is 0.0291. The molecule has 1 aliphatic rings. The summed E-state index contributed by atoms with van der Waals surface area (Å²) in [6.07, 6.45) is 0.586. The molecule has 0 saturated carbocycles. The van der Waals surface area contributed by atoms with Crippen molar-refractivity contribution in [2.24, 2.45) is 0 Å². The van der Waals surface area contributed by atoms with E-state index in [1.54, 1.807) is 17.0 Å². The van der Waals surface area contributed by atoms with Crippen molar-refractivity contribution < 1.29 is 14.6 Å². The lowest BCUT2D eigenvalue weighted by atomic mass is 10.2. The van der Waals surface area contributed by atoms with E-state index >= 15 is 0 Å². The molecule has 2 N–H and O–H groups in total. The van der Waals surface area contributed by atoms with Gasteiger partial charge in [0, 0.05) is 31.2 Å². The van der Waals surface area contributed by atoms with Crippen LogP contribution >= 0.6 is 11.6 Å². The van der Waals surface area contributed by atoms with Crippen LogP contribution in [0, 0.1) is 0 Å². The zero-order valence-electron chi connectivity index (χ0n) is 13.2. The Balaban J connectivity index is 1.84. The predicted octanol–water partition coefficient (Wildman–Crippen LogP) is 3.14. The first-order chi connectivity index (χ1) is 10.3. The number of ether oxygens (including phenoxy) is 1. The second-order valence-electron chi connectivity index (χ2n) is 6.54. The molecule has 1 heterocycles. The largest absolute Gasteiger partial charge is 0.506 e. The van der Waals surface area contributed by atoms with E-state index in [9.17, 15) is 9.90 Å². The number of nitrogens with one attached hydrogen (secondary N) is 1. The number of hydrogen-bond donors (Lipinski definition) is 2. The summed E-state index contributed by atoms with van der Waals surface area (Å²) >= 11 is 5.89. The molecule has 122 valence electrons. The van der Waals surface area contributed by atoms with Gasteiger partial charge in [-0.15, -0.1) is 0 Å².